The van der Waals surface area contributed by atoms with Gasteiger partial charge in [0, 0.05) is 37.0 Å². The molecule has 1 aromatic carbocycles. The first-order valence-electron chi connectivity index (χ1n) is 9.09. The van der Waals surface area contributed by atoms with Gasteiger partial charge in [0.05, 0.1) is 0 Å². The number of ether oxygens (including phenoxy) is 2. The van der Waals surface area contributed by atoms with Gasteiger partial charge >= 0.3 is 6.09 Å². The van der Waals surface area contributed by atoms with E-state index < -0.39 is 6.09 Å². The summed E-state index contributed by atoms with van der Waals surface area (Å²) in [6.07, 6.45) is 2.12. The van der Waals surface area contributed by atoms with Crippen molar-refractivity contribution in [3.05, 3.63) is 54.2 Å². The van der Waals surface area contributed by atoms with E-state index in [1.54, 1.807) is 47.5 Å². The Balaban J connectivity index is 1.39. The van der Waals surface area contributed by atoms with Crippen molar-refractivity contribution in [1.29, 1.82) is 0 Å². The van der Waals surface area contributed by atoms with Crippen LogP contribution in [-0.2, 0) is 9.53 Å². The molecule has 8 heteroatoms. The third kappa shape index (κ3) is 3.66. The summed E-state index contributed by atoms with van der Waals surface area (Å²) in [5, 5.41) is 0. The highest BCUT2D eigenvalue weighted by Gasteiger charge is 2.39. The van der Waals surface area contributed by atoms with Gasteiger partial charge in [0.1, 0.15) is 5.75 Å². The average molecular weight is 381 g/mol. The van der Waals surface area contributed by atoms with E-state index in [4.69, 9.17) is 9.47 Å². The number of aromatic nitrogens is 1. The van der Waals surface area contributed by atoms with Crippen molar-refractivity contribution in [2.24, 2.45) is 0 Å². The maximum atomic E-state index is 12.8. The van der Waals surface area contributed by atoms with Crippen molar-refractivity contribution in [2.45, 2.75) is 18.9 Å². The molecule has 2 saturated heterocycles. The first-order valence-corrected chi connectivity index (χ1v) is 9.09. The molecule has 0 aliphatic carbocycles. The number of imide groups is 1. The number of cyclic esters (lactones) is 1. The smallest absolute Gasteiger partial charge is 0.417 e. The minimum atomic E-state index is -0.589. The van der Waals surface area contributed by atoms with Crippen molar-refractivity contribution >= 4 is 17.9 Å². The van der Waals surface area contributed by atoms with Crippen molar-refractivity contribution in [3.8, 4) is 11.6 Å². The second-order valence-corrected chi connectivity index (χ2v) is 6.64. The zero-order valence-corrected chi connectivity index (χ0v) is 15.1. The van der Waals surface area contributed by atoms with Gasteiger partial charge < -0.3 is 14.4 Å². The molecule has 0 saturated carbocycles. The molecule has 28 heavy (non-hydrogen) atoms. The SMILES string of the molecule is O=C(c1cccc(Oc2ccccn2)c1)N1CCC(N2C(=O)COC2=O)CC1. The Morgan fingerprint density at radius 3 is 2.61 bits per heavy atom. The molecule has 2 aliphatic rings. The predicted molar refractivity (Wildman–Crippen MR) is 97.9 cm³/mol. The molecule has 0 radical (unpaired) electrons. The Hall–Kier alpha value is -3.42. The number of amides is 3. The molecule has 1 aromatic heterocycles. The van der Waals surface area contributed by atoms with E-state index >= 15 is 0 Å². The van der Waals surface area contributed by atoms with Crippen LogP contribution in [0.2, 0.25) is 0 Å². The summed E-state index contributed by atoms with van der Waals surface area (Å²) in [6, 6.07) is 12.1. The molecular formula is C20H19N3O5. The van der Waals surface area contributed by atoms with Gasteiger partial charge in [-0.1, -0.05) is 12.1 Å². The van der Waals surface area contributed by atoms with Crippen LogP contribution in [0.3, 0.4) is 0 Å². The third-order valence-electron chi connectivity index (χ3n) is 4.84. The monoisotopic (exact) mass is 381 g/mol. The van der Waals surface area contributed by atoms with Gasteiger partial charge in [0.25, 0.3) is 11.8 Å². The predicted octanol–water partition coefficient (Wildman–Crippen LogP) is 2.46. The minimum absolute atomic E-state index is 0.111. The number of rotatable bonds is 4. The lowest BCUT2D eigenvalue weighted by molar-refractivity contribution is -0.127. The van der Waals surface area contributed by atoms with Gasteiger partial charge in [-0.05, 0) is 37.1 Å². The fourth-order valence-electron chi connectivity index (χ4n) is 3.45. The number of carbonyl (C=O) groups excluding carboxylic acids is 3. The van der Waals surface area contributed by atoms with Gasteiger partial charge in [-0.25, -0.2) is 14.7 Å². The Kier molecular flexibility index (Phi) is 4.92. The number of likely N-dealkylation sites (tertiary alicyclic amines) is 1. The summed E-state index contributed by atoms with van der Waals surface area (Å²) < 4.78 is 10.5. The van der Waals surface area contributed by atoms with Crippen LogP contribution in [0.5, 0.6) is 11.6 Å². The highest BCUT2D eigenvalue weighted by atomic mass is 16.6. The van der Waals surface area contributed by atoms with E-state index in [1.165, 1.54) is 4.90 Å². The molecule has 0 N–H and O–H groups in total. The summed E-state index contributed by atoms with van der Waals surface area (Å²) >= 11 is 0. The second kappa shape index (κ2) is 7.67. The Morgan fingerprint density at radius 1 is 1.11 bits per heavy atom. The lowest BCUT2D eigenvalue weighted by Gasteiger charge is -2.34. The number of hydrogen-bond acceptors (Lipinski definition) is 6. The normalized spacial score (nSPS) is 17.6. The van der Waals surface area contributed by atoms with Crippen LogP contribution >= 0.6 is 0 Å². The molecule has 144 valence electrons. The maximum Gasteiger partial charge on any atom is 0.417 e. The number of piperidine rings is 1. The van der Waals surface area contributed by atoms with Gasteiger partial charge in [0.15, 0.2) is 6.61 Å². The number of benzene rings is 1. The molecular weight excluding hydrogens is 362 g/mol. The molecule has 2 fully saturated rings. The summed E-state index contributed by atoms with van der Waals surface area (Å²) in [5.41, 5.74) is 0.517. The summed E-state index contributed by atoms with van der Waals surface area (Å²) in [5.74, 6) is 0.564. The number of pyridine rings is 1. The fourth-order valence-corrected chi connectivity index (χ4v) is 3.45. The summed E-state index contributed by atoms with van der Waals surface area (Å²) in [7, 11) is 0. The van der Waals surface area contributed by atoms with E-state index in [0.29, 0.717) is 43.1 Å². The first kappa shape index (κ1) is 18.0. The Morgan fingerprint density at radius 2 is 1.93 bits per heavy atom. The number of nitrogens with zero attached hydrogens (tertiary/aromatic N) is 3. The van der Waals surface area contributed by atoms with Crippen molar-refractivity contribution in [2.75, 3.05) is 19.7 Å². The maximum absolute atomic E-state index is 12.8. The van der Waals surface area contributed by atoms with Crippen LogP contribution < -0.4 is 4.74 Å². The lowest BCUT2D eigenvalue weighted by Crippen LogP contribution is -2.48. The quantitative estimate of drug-likeness (QED) is 0.808. The molecule has 0 bridgehead atoms. The standard InChI is InChI=1S/C20H19N3O5/c24-18-13-27-20(26)23(18)15-7-10-22(11-8-15)19(25)14-4-3-5-16(12-14)28-17-6-1-2-9-21-17/h1-6,9,12,15H,7-8,10-11,13H2. The second-order valence-electron chi connectivity index (χ2n) is 6.64. The van der Waals surface area contributed by atoms with E-state index in [0.717, 1.165) is 0 Å². The topological polar surface area (TPSA) is 89.0 Å². The third-order valence-corrected chi connectivity index (χ3v) is 4.84. The Bertz CT molecular complexity index is 878. The molecule has 0 unspecified atom stereocenters. The van der Waals surface area contributed by atoms with Gasteiger partial charge in [-0.15, -0.1) is 0 Å². The average Bonchev–Trinajstić information content (AvgIpc) is 3.07. The Labute approximate surface area is 161 Å². The van der Waals surface area contributed by atoms with Crippen molar-refractivity contribution < 1.29 is 23.9 Å². The van der Waals surface area contributed by atoms with Crippen LogP contribution in [0, 0.1) is 0 Å². The molecule has 0 atom stereocenters. The number of carbonyl (C=O) groups is 3. The number of hydrogen-bond donors (Lipinski definition) is 0. The highest BCUT2D eigenvalue weighted by molar-refractivity contribution is 5.98. The van der Waals surface area contributed by atoms with Crippen LogP contribution in [-0.4, -0.2) is 58.4 Å². The van der Waals surface area contributed by atoms with Crippen LogP contribution in [0.15, 0.2) is 48.7 Å². The van der Waals surface area contributed by atoms with E-state index in [1.807, 2.05) is 6.07 Å². The van der Waals surface area contributed by atoms with Crippen LogP contribution in [0.25, 0.3) is 0 Å². The molecule has 0 spiro atoms. The first-order chi connectivity index (χ1) is 13.6. The van der Waals surface area contributed by atoms with Crippen LogP contribution in [0.4, 0.5) is 4.79 Å². The fraction of sp³-hybridized carbons (Fsp3) is 0.300. The van der Waals surface area contributed by atoms with E-state index in [9.17, 15) is 14.4 Å². The molecule has 2 aromatic rings. The zero-order valence-electron chi connectivity index (χ0n) is 15.1. The zero-order chi connectivity index (χ0) is 19.5. The summed E-state index contributed by atoms with van der Waals surface area (Å²) in [4.78, 5) is 43.3. The van der Waals surface area contributed by atoms with E-state index in [2.05, 4.69) is 4.98 Å². The van der Waals surface area contributed by atoms with Gasteiger partial charge in [-0.3, -0.25) is 9.59 Å². The van der Waals surface area contributed by atoms with Crippen molar-refractivity contribution in [3.63, 3.8) is 0 Å². The molecule has 8 nitrogen and oxygen atoms in total. The molecule has 3 heterocycles. The molecule has 3 amide bonds. The van der Waals surface area contributed by atoms with Crippen molar-refractivity contribution in [1.82, 2.24) is 14.8 Å². The minimum Gasteiger partial charge on any atom is -0.439 e. The van der Waals surface area contributed by atoms with Gasteiger partial charge in [0.2, 0.25) is 5.88 Å². The molecule has 4 rings (SSSR count). The highest BCUT2D eigenvalue weighted by Crippen LogP contribution is 2.24. The van der Waals surface area contributed by atoms with Crippen LogP contribution in [0.1, 0.15) is 23.2 Å². The van der Waals surface area contributed by atoms with E-state index in [-0.39, 0.29) is 24.5 Å². The molecule has 2 aliphatic heterocycles. The largest absolute Gasteiger partial charge is 0.439 e. The van der Waals surface area contributed by atoms with Gasteiger partial charge in [-0.2, -0.15) is 0 Å². The lowest BCUT2D eigenvalue weighted by atomic mass is 10.0. The summed E-state index contributed by atoms with van der Waals surface area (Å²) in [6.45, 7) is 0.735.